The van der Waals surface area contributed by atoms with Gasteiger partial charge >= 0.3 is 0 Å². The lowest BCUT2D eigenvalue weighted by molar-refractivity contribution is 0.600. The molecule has 0 bridgehead atoms. The molecule has 0 fully saturated rings. The van der Waals surface area contributed by atoms with E-state index in [1.807, 2.05) is 19.1 Å². The lowest BCUT2D eigenvalue weighted by Crippen LogP contribution is -2.16. The Morgan fingerprint density at radius 3 is 1.95 bits per heavy atom. The molecule has 0 aliphatic carbocycles. The molecule has 0 spiro atoms. The van der Waals surface area contributed by atoms with Crippen LogP contribution in [0.4, 0.5) is 11.4 Å². The van der Waals surface area contributed by atoms with E-state index in [9.17, 15) is 8.42 Å². The molecule has 106 valence electrons. The van der Waals surface area contributed by atoms with Crippen LogP contribution in [0.5, 0.6) is 0 Å². The first-order valence-electron chi connectivity index (χ1n) is 6.26. The Labute approximate surface area is 119 Å². The van der Waals surface area contributed by atoms with Crippen molar-refractivity contribution >= 4 is 21.4 Å². The summed E-state index contributed by atoms with van der Waals surface area (Å²) >= 11 is 0. The number of benzene rings is 2. The summed E-state index contributed by atoms with van der Waals surface area (Å²) in [6.07, 6.45) is 0. The largest absolute Gasteiger partial charge is 0.399 e. The van der Waals surface area contributed by atoms with E-state index in [4.69, 9.17) is 5.73 Å². The number of nitrogen functional groups attached to an aromatic ring is 1. The molecule has 4 nitrogen and oxygen atoms in total. The van der Waals surface area contributed by atoms with Crippen molar-refractivity contribution in [3.8, 4) is 0 Å². The Balaban J connectivity index is 2.43. The molecule has 0 saturated heterocycles. The average Bonchev–Trinajstić information content (AvgIpc) is 2.30. The fraction of sp³-hybridized carbons (Fsp3) is 0.200. The van der Waals surface area contributed by atoms with Crippen LogP contribution in [0.25, 0.3) is 0 Å². The van der Waals surface area contributed by atoms with Crippen LogP contribution in [0.3, 0.4) is 0 Å². The summed E-state index contributed by atoms with van der Waals surface area (Å²) in [5.74, 6) is 0. The van der Waals surface area contributed by atoms with Crippen molar-refractivity contribution in [2.45, 2.75) is 25.7 Å². The van der Waals surface area contributed by atoms with Gasteiger partial charge in [0.2, 0.25) is 0 Å². The molecule has 0 heterocycles. The summed E-state index contributed by atoms with van der Waals surface area (Å²) in [6.45, 7) is 5.44. The summed E-state index contributed by atoms with van der Waals surface area (Å²) in [5, 5.41) is 0. The summed E-state index contributed by atoms with van der Waals surface area (Å²) in [7, 11) is -3.61. The van der Waals surface area contributed by atoms with Gasteiger partial charge in [0.05, 0.1) is 4.90 Å². The Morgan fingerprint density at radius 2 is 1.45 bits per heavy atom. The van der Waals surface area contributed by atoms with Crippen molar-refractivity contribution < 1.29 is 8.42 Å². The molecule has 2 aromatic carbocycles. The van der Waals surface area contributed by atoms with Gasteiger partial charge in [-0.25, -0.2) is 8.42 Å². The molecule has 0 aromatic heterocycles. The first-order valence-corrected chi connectivity index (χ1v) is 7.74. The number of hydrogen-bond donors (Lipinski definition) is 2. The number of rotatable bonds is 3. The van der Waals surface area contributed by atoms with Crippen molar-refractivity contribution in [2.24, 2.45) is 0 Å². The first-order chi connectivity index (χ1) is 9.29. The van der Waals surface area contributed by atoms with Crippen molar-refractivity contribution in [2.75, 3.05) is 10.5 Å². The average molecular weight is 290 g/mol. The van der Waals surface area contributed by atoms with Gasteiger partial charge in [-0.2, -0.15) is 0 Å². The lowest BCUT2D eigenvalue weighted by Gasteiger charge is -2.13. The highest BCUT2D eigenvalue weighted by Crippen LogP contribution is 2.25. The van der Waals surface area contributed by atoms with Crippen LogP contribution in [0.15, 0.2) is 41.3 Å². The van der Waals surface area contributed by atoms with Crippen LogP contribution < -0.4 is 10.5 Å². The smallest absolute Gasteiger partial charge is 0.262 e. The predicted molar refractivity (Wildman–Crippen MR) is 82.3 cm³/mol. The van der Waals surface area contributed by atoms with Crippen LogP contribution in [0.1, 0.15) is 16.7 Å². The zero-order chi connectivity index (χ0) is 14.9. The zero-order valence-electron chi connectivity index (χ0n) is 11.8. The van der Waals surface area contributed by atoms with Crippen LogP contribution in [-0.4, -0.2) is 8.42 Å². The van der Waals surface area contributed by atoms with Gasteiger partial charge in [-0.3, -0.25) is 4.72 Å². The summed E-state index contributed by atoms with van der Waals surface area (Å²) in [6, 6.07) is 10.5. The normalized spacial score (nSPS) is 11.3. The van der Waals surface area contributed by atoms with E-state index in [0.717, 1.165) is 5.56 Å². The highest BCUT2D eigenvalue weighted by molar-refractivity contribution is 7.92. The molecule has 0 unspecified atom stereocenters. The van der Waals surface area contributed by atoms with E-state index in [-0.39, 0.29) is 4.90 Å². The van der Waals surface area contributed by atoms with Gasteiger partial charge in [-0.05, 0) is 56.2 Å². The molecule has 0 amide bonds. The molecule has 0 saturated carbocycles. The van der Waals surface area contributed by atoms with Crippen molar-refractivity contribution in [3.63, 3.8) is 0 Å². The maximum Gasteiger partial charge on any atom is 0.262 e. The summed E-state index contributed by atoms with van der Waals surface area (Å²) in [5.41, 5.74) is 9.20. The molecule has 0 atom stereocenters. The van der Waals surface area contributed by atoms with E-state index < -0.39 is 10.0 Å². The monoisotopic (exact) mass is 290 g/mol. The van der Waals surface area contributed by atoms with Crippen LogP contribution in [0.2, 0.25) is 0 Å². The van der Waals surface area contributed by atoms with Crippen molar-refractivity contribution in [1.82, 2.24) is 0 Å². The number of nitrogens with one attached hydrogen (secondary N) is 1. The van der Waals surface area contributed by atoms with Gasteiger partial charge in [0.25, 0.3) is 10.0 Å². The third-order valence-corrected chi connectivity index (χ3v) is 4.74. The number of nitrogens with two attached hydrogens (primary N) is 1. The Hall–Kier alpha value is -2.01. The van der Waals surface area contributed by atoms with Crippen molar-refractivity contribution in [1.29, 1.82) is 0 Å². The molecule has 0 aliphatic heterocycles. The number of anilines is 2. The Morgan fingerprint density at radius 1 is 0.950 bits per heavy atom. The fourth-order valence-electron chi connectivity index (χ4n) is 2.24. The van der Waals surface area contributed by atoms with E-state index >= 15 is 0 Å². The minimum absolute atomic E-state index is 0.285. The molecule has 0 radical (unpaired) electrons. The summed E-state index contributed by atoms with van der Waals surface area (Å²) < 4.78 is 27.6. The standard InChI is InChI=1S/C15H18N2O2S/c1-10-4-6-14(7-5-10)17-20(18,19)15-11(2)8-13(16)9-12(15)3/h4-9,17H,16H2,1-3H3. The van der Waals surface area contributed by atoms with Gasteiger partial charge in [-0.1, -0.05) is 17.7 Å². The highest BCUT2D eigenvalue weighted by Gasteiger charge is 2.20. The number of sulfonamides is 1. The second kappa shape index (κ2) is 5.17. The molecule has 0 aliphatic rings. The maximum atomic E-state index is 12.5. The van der Waals surface area contributed by atoms with Gasteiger partial charge in [0, 0.05) is 11.4 Å². The van der Waals surface area contributed by atoms with Gasteiger partial charge in [0.1, 0.15) is 0 Å². The van der Waals surface area contributed by atoms with Gasteiger partial charge in [0.15, 0.2) is 0 Å². The van der Waals surface area contributed by atoms with E-state index in [1.54, 1.807) is 38.1 Å². The third kappa shape index (κ3) is 2.93. The first kappa shape index (κ1) is 14.4. The second-order valence-corrected chi connectivity index (χ2v) is 6.57. The van der Waals surface area contributed by atoms with Crippen LogP contribution >= 0.6 is 0 Å². The SMILES string of the molecule is Cc1ccc(NS(=O)(=O)c2c(C)cc(N)cc2C)cc1. The molecular weight excluding hydrogens is 272 g/mol. The van der Waals surface area contributed by atoms with E-state index in [1.165, 1.54) is 0 Å². The molecule has 2 aromatic rings. The van der Waals surface area contributed by atoms with Crippen LogP contribution in [0, 0.1) is 20.8 Å². The predicted octanol–water partition coefficient (Wildman–Crippen LogP) is 2.99. The fourth-order valence-corrected chi connectivity index (χ4v) is 3.75. The maximum absolute atomic E-state index is 12.5. The number of hydrogen-bond acceptors (Lipinski definition) is 3. The lowest BCUT2D eigenvalue weighted by atomic mass is 10.1. The Kier molecular flexibility index (Phi) is 3.72. The van der Waals surface area contributed by atoms with Gasteiger partial charge < -0.3 is 5.73 Å². The zero-order valence-corrected chi connectivity index (χ0v) is 12.6. The quantitative estimate of drug-likeness (QED) is 0.854. The molecule has 20 heavy (non-hydrogen) atoms. The Bertz CT molecular complexity index is 712. The topological polar surface area (TPSA) is 72.2 Å². The molecule has 3 N–H and O–H groups in total. The number of aryl methyl sites for hydroxylation is 3. The summed E-state index contributed by atoms with van der Waals surface area (Å²) in [4.78, 5) is 0.285. The molecule has 5 heteroatoms. The van der Waals surface area contributed by atoms with Crippen LogP contribution in [-0.2, 0) is 10.0 Å². The minimum Gasteiger partial charge on any atom is -0.399 e. The second-order valence-electron chi connectivity index (χ2n) is 4.96. The third-order valence-electron chi connectivity index (χ3n) is 3.06. The minimum atomic E-state index is -3.61. The molecule has 2 rings (SSSR count). The highest BCUT2D eigenvalue weighted by atomic mass is 32.2. The van der Waals surface area contributed by atoms with Gasteiger partial charge in [-0.15, -0.1) is 0 Å². The molecular formula is C15H18N2O2S. The van der Waals surface area contributed by atoms with E-state index in [0.29, 0.717) is 22.5 Å². The van der Waals surface area contributed by atoms with Crippen molar-refractivity contribution in [3.05, 3.63) is 53.1 Å². The van der Waals surface area contributed by atoms with E-state index in [2.05, 4.69) is 4.72 Å².